The van der Waals surface area contributed by atoms with Gasteiger partial charge in [-0.1, -0.05) is 6.07 Å². The maximum Gasteiger partial charge on any atom is 0.125 e. The average Bonchev–Trinajstić information content (AvgIpc) is 2.76. The molecular formula is C13H16N2O. The van der Waals surface area contributed by atoms with Gasteiger partial charge in [0.2, 0.25) is 0 Å². The zero-order valence-electron chi connectivity index (χ0n) is 9.53. The Morgan fingerprint density at radius 3 is 2.81 bits per heavy atom. The summed E-state index contributed by atoms with van der Waals surface area (Å²) in [6.07, 6.45) is 1.68. The smallest absolute Gasteiger partial charge is 0.125 e. The number of hydrogen-bond acceptors (Lipinski definition) is 3. The fraction of sp³-hybridized carbons (Fsp3) is 0.231. The molecular weight excluding hydrogens is 200 g/mol. The molecule has 1 unspecified atom stereocenters. The lowest BCUT2D eigenvalue weighted by Crippen LogP contribution is -2.07. The Balaban J connectivity index is 2.17. The van der Waals surface area contributed by atoms with Gasteiger partial charge >= 0.3 is 0 Å². The number of nitrogens with one attached hydrogen (secondary N) is 1. The molecule has 0 bridgehead atoms. The van der Waals surface area contributed by atoms with Crippen molar-refractivity contribution in [1.82, 2.24) is 0 Å². The lowest BCUT2D eigenvalue weighted by atomic mass is 10.1. The largest absolute Gasteiger partial charge is 0.467 e. The standard InChI is InChI=1S/C13H16N2O/c1-9-5-6-11(14)8-12(9)15-10(2)13-4-3-7-16-13/h3-8,10,15H,14H2,1-2H3. The molecule has 2 aromatic rings. The van der Waals surface area contributed by atoms with Crippen LogP contribution in [0.3, 0.4) is 0 Å². The predicted molar refractivity (Wildman–Crippen MR) is 66.3 cm³/mol. The SMILES string of the molecule is Cc1ccc(N)cc1NC(C)c1ccco1. The number of benzene rings is 1. The van der Waals surface area contributed by atoms with E-state index in [0.29, 0.717) is 0 Å². The van der Waals surface area contributed by atoms with Crippen LogP contribution in [0.2, 0.25) is 0 Å². The van der Waals surface area contributed by atoms with Crippen molar-refractivity contribution < 1.29 is 4.42 Å². The molecule has 0 aliphatic carbocycles. The van der Waals surface area contributed by atoms with Gasteiger partial charge in [0.25, 0.3) is 0 Å². The highest BCUT2D eigenvalue weighted by Gasteiger charge is 2.09. The highest BCUT2D eigenvalue weighted by molar-refractivity contribution is 5.59. The summed E-state index contributed by atoms with van der Waals surface area (Å²) < 4.78 is 5.34. The molecule has 84 valence electrons. The van der Waals surface area contributed by atoms with Crippen LogP contribution in [0.1, 0.15) is 24.3 Å². The first-order valence-corrected chi connectivity index (χ1v) is 5.33. The van der Waals surface area contributed by atoms with E-state index in [1.165, 1.54) is 5.56 Å². The number of nitrogen functional groups attached to an aromatic ring is 1. The molecule has 0 spiro atoms. The molecule has 0 aliphatic heterocycles. The van der Waals surface area contributed by atoms with E-state index in [4.69, 9.17) is 10.2 Å². The summed E-state index contributed by atoms with van der Waals surface area (Å²) >= 11 is 0. The van der Waals surface area contributed by atoms with Crippen LogP contribution >= 0.6 is 0 Å². The zero-order valence-corrected chi connectivity index (χ0v) is 9.53. The second-order valence-corrected chi connectivity index (χ2v) is 3.96. The third kappa shape index (κ3) is 2.19. The lowest BCUT2D eigenvalue weighted by molar-refractivity contribution is 0.490. The second kappa shape index (κ2) is 4.31. The number of rotatable bonds is 3. The van der Waals surface area contributed by atoms with E-state index < -0.39 is 0 Å². The van der Waals surface area contributed by atoms with Crippen molar-refractivity contribution in [2.45, 2.75) is 19.9 Å². The molecule has 1 heterocycles. The monoisotopic (exact) mass is 216 g/mol. The number of nitrogens with two attached hydrogens (primary N) is 1. The van der Waals surface area contributed by atoms with E-state index in [9.17, 15) is 0 Å². The van der Waals surface area contributed by atoms with Gasteiger partial charge < -0.3 is 15.5 Å². The quantitative estimate of drug-likeness (QED) is 0.773. The first kappa shape index (κ1) is 10.6. The van der Waals surface area contributed by atoms with Crippen LogP contribution < -0.4 is 11.1 Å². The molecule has 1 aromatic heterocycles. The van der Waals surface area contributed by atoms with Crippen LogP contribution in [-0.2, 0) is 0 Å². The molecule has 2 rings (SSSR count). The Morgan fingerprint density at radius 1 is 1.31 bits per heavy atom. The van der Waals surface area contributed by atoms with Crippen molar-refractivity contribution >= 4 is 11.4 Å². The first-order chi connectivity index (χ1) is 7.66. The van der Waals surface area contributed by atoms with E-state index in [2.05, 4.69) is 19.2 Å². The van der Waals surface area contributed by atoms with Crippen LogP contribution in [0.25, 0.3) is 0 Å². The van der Waals surface area contributed by atoms with Crippen LogP contribution in [-0.4, -0.2) is 0 Å². The van der Waals surface area contributed by atoms with Gasteiger partial charge in [-0.25, -0.2) is 0 Å². The Hall–Kier alpha value is -1.90. The minimum atomic E-state index is 0.135. The fourth-order valence-electron chi connectivity index (χ4n) is 1.64. The van der Waals surface area contributed by atoms with Gasteiger partial charge in [0.1, 0.15) is 5.76 Å². The minimum absolute atomic E-state index is 0.135. The lowest BCUT2D eigenvalue weighted by Gasteiger charge is -2.15. The molecule has 0 saturated heterocycles. The normalized spacial score (nSPS) is 12.4. The van der Waals surface area contributed by atoms with Gasteiger partial charge in [-0.3, -0.25) is 0 Å². The van der Waals surface area contributed by atoms with Crippen molar-refractivity contribution in [3.8, 4) is 0 Å². The summed E-state index contributed by atoms with van der Waals surface area (Å²) in [6.45, 7) is 4.11. The average molecular weight is 216 g/mol. The number of hydrogen-bond donors (Lipinski definition) is 2. The summed E-state index contributed by atoms with van der Waals surface area (Å²) in [6, 6.07) is 9.83. The molecule has 0 radical (unpaired) electrons. The van der Waals surface area contributed by atoms with Crippen LogP contribution in [0.15, 0.2) is 41.0 Å². The number of aryl methyl sites for hydroxylation is 1. The van der Waals surface area contributed by atoms with Gasteiger partial charge in [0.05, 0.1) is 12.3 Å². The van der Waals surface area contributed by atoms with Gasteiger partial charge in [0, 0.05) is 11.4 Å². The fourth-order valence-corrected chi connectivity index (χ4v) is 1.64. The molecule has 16 heavy (non-hydrogen) atoms. The Bertz CT molecular complexity index is 463. The first-order valence-electron chi connectivity index (χ1n) is 5.33. The van der Waals surface area contributed by atoms with Gasteiger partial charge in [-0.2, -0.15) is 0 Å². The molecule has 1 aromatic carbocycles. The summed E-state index contributed by atoms with van der Waals surface area (Å²) in [5.74, 6) is 0.918. The summed E-state index contributed by atoms with van der Waals surface area (Å²) in [4.78, 5) is 0. The van der Waals surface area contributed by atoms with Crippen molar-refractivity contribution in [3.05, 3.63) is 47.9 Å². The molecule has 3 heteroatoms. The molecule has 0 fully saturated rings. The number of furan rings is 1. The highest BCUT2D eigenvalue weighted by atomic mass is 16.3. The molecule has 0 saturated carbocycles. The summed E-state index contributed by atoms with van der Waals surface area (Å²) in [5.41, 5.74) is 8.74. The van der Waals surface area contributed by atoms with E-state index >= 15 is 0 Å². The number of anilines is 2. The highest BCUT2D eigenvalue weighted by Crippen LogP contribution is 2.24. The van der Waals surface area contributed by atoms with E-state index in [1.54, 1.807) is 6.26 Å². The topological polar surface area (TPSA) is 51.2 Å². The molecule has 3 N–H and O–H groups in total. The second-order valence-electron chi connectivity index (χ2n) is 3.96. The molecule has 3 nitrogen and oxygen atoms in total. The van der Waals surface area contributed by atoms with Crippen LogP contribution in [0.4, 0.5) is 11.4 Å². The maximum atomic E-state index is 5.76. The Kier molecular flexibility index (Phi) is 2.86. The van der Waals surface area contributed by atoms with Crippen molar-refractivity contribution in [2.75, 3.05) is 11.1 Å². The molecule has 0 amide bonds. The molecule has 1 atom stereocenters. The predicted octanol–water partition coefficient (Wildman–Crippen LogP) is 3.34. The van der Waals surface area contributed by atoms with E-state index in [-0.39, 0.29) is 6.04 Å². The van der Waals surface area contributed by atoms with E-state index in [0.717, 1.165) is 17.1 Å². The van der Waals surface area contributed by atoms with Gasteiger partial charge in [-0.05, 0) is 43.7 Å². The summed E-state index contributed by atoms with van der Waals surface area (Å²) in [7, 11) is 0. The maximum absolute atomic E-state index is 5.76. The van der Waals surface area contributed by atoms with Crippen molar-refractivity contribution in [3.63, 3.8) is 0 Å². The van der Waals surface area contributed by atoms with Crippen molar-refractivity contribution in [2.24, 2.45) is 0 Å². The molecule has 0 aliphatic rings. The van der Waals surface area contributed by atoms with Crippen LogP contribution in [0.5, 0.6) is 0 Å². The zero-order chi connectivity index (χ0) is 11.5. The minimum Gasteiger partial charge on any atom is -0.467 e. The van der Waals surface area contributed by atoms with Gasteiger partial charge in [0.15, 0.2) is 0 Å². The third-order valence-electron chi connectivity index (χ3n) is 2.60. The van der Waals surface area contributed by atoms with Crippen molar-refractivity contribution in [1.29, 1.82) is 0 Å². The summed E-state index contributed by atoms with van der Waals surface area (Å²) in [5, 5.41) is 3.38. The Labute approximate surface area is 95.3 Å². The van der Waals surface area contributed by atoms with E-state index in [1.807, 2.05) is 30.3 Å². The Morgan fingerprint density at radius 2 is 2.12 bits per heavy atom. The van der Waals surface area contributed by atoms with Gasteiger partial charge in [-0.15, -0.1) is 0 Å². The van der Waals surface area contributed by atoms with Crippen LogP contribution in [0, 0.1) is 6.92 Å². The third-order valence-corrected chi connectivity index (χ3v) is 2.60.